The predicted octanol–water partition coefficient (Wildman–Crippen LogP) is 4.76. The van der Waals surface area contributed by atoms with Crippen LogP contribution < -0.4 is 15.8 Å². The zero-order chi connectivity index (χ0) is 22.0. The van der Waals surface area contributed by atoms with E-state index in [1.807, 2.05) is 24.3 Å². The molecule has 0 spiro atoms. The normalized spacial score (nSPS) is 13.7. The number of nitrogens with two attached hydrogens (primary N) is 1. The third-order valence-corrected chi connectivity index (χ3v) is 5.40. The van der Waals surface area contributed by atoms with Crippen molar-refractivity contribution in [2.24, 2.45) is 10.7 Å². The number of hydrogen-bond acceptors (Lipinski definition) is 6. The summed E-state index contributed by atoms with van der Waals surface area (Å²) in [4.78, 5) is 13.6. The van der Waals surface area contributed by atoms with Gasteiger partial charge in [-0.25, -0.2) is 14.4 Å². The highest BCUT2D eigenvalue weighted by Crippen LogP contribution is 2.34. The number of fused-ring (bicyclic) bond motifs is 1. The molecule has 0 saturated heterocycles. The van der Waals surface area contributed by atoms with E-state index < -0.39 is 5.82 Å². The molecule has 0 bridgehead atoms. The molecule has 0 radical (unpaired) electrons. The van der Waals surface area contributed by atoms with Crippen LogP contribution in [0.2, 0.25) is 5.02 Å². The van der Waals surface area contributed by atoms with Gasteiger partial charge in [0, 0.05) is 30.1 Å². The summed E-state index contributed by atoms with van der Waals surface area (Å²) in [5.74, 6) is 0.657. The van der Waals surface area contributed by atoms with Gasteiger partial charge in [-0.1, -0.05) is 23.7 Å². The Balaban J connectivity index is 1.79. The van der Waals surface area contributed by atoms with Gasteiger partial charge in [0.25, 0.3) is 0 Å². The fourth-order valence-electron chi connectivity index (χ4n) is 3.59. The summed E-state index contributed by atoms with van der Waals surface area (Å²) in [6.45, 7) is 0. The van der Waals surface area contributed by atoms with Crippen LogP contribution in [0.4, 0.5) is 16.0 Å². The SMILES string of the molecule is CN=C(C1=C(N)CCc2cnc(Nc3ccccc3OC)nc21)c1ccc(F)cc1Cl. The van der Waals surface area contributed by atoms with Crippen LogP contribution in [-0.2, 0) is 6.42 Å². The van der Waals surface area contributed by atoms with Crippen molar-refractivity contribution in [3.63, 3.8) is 0 Å². The molecule has 0 fully saturated rings. The number of aryl methyl sites for hydroxylation is 1. The maximum Gasteiger partial charge on any atom is 0.227 e. The number of benzene rings is 2. The first-order valence-electron chi connectivity index (χ1n) is 9.69. The number of nitrogens with one attached hydrogen (secondary N) is 1. The first-order valence-corrected chi connectivity index (χ1v) is 10.1. The molecule has 3 N–H and O–H groups in total. The number of hydrogen-bond donors (Lipinski definition) is 2. The summed E-state index contributed by atoms with van der Waals surface area (Å²) < 4.78 is 19.0. The van der Waals surface area contributed by atoms with Gasteiger partial charge in [-0.05, 0) is 48.7 Å². The van der Waals surface area contributed by atoms with Crippen LogP contribution in [0.25, 0.3) is 5.57 Å². The van der Waals surface area contributed by atoms with E-state index in [4.69, 9.17) is 27.1 Å². The average molecular weight is 438 g/mol. The van der Waals surface area contributed by atoms with Crippen molar-refractivity contribution in [2.45, 2.75) is 12.8 Å². The van der Waals surface area contributed by atoms with Crippen LogP contribution in [-0.4, -0.2) is 29.8 Å². The van der Waals surface area contributed by atoms with Gasteiger partial charge < -0.3 is 15.8 Å². The number of aliphatic imine (C=N–C) groups is 1. The molecule has 1 aliphatic carbocycles. The molecule has 1 aliphatic rings. The molecule has 6 nitrogen and oxygen atoms in total. The van der Waals surface area contributed by atoms with Gasteiger partial charge in [0.1, 0.15) is 11.6 Å². The lowest BCUT2D eigenvalue weighted by Gasteiger charge is -2.22. The molecule has 1 heterocycles. The van der Waals surface area contributed by atoms with E-state index in [1.165, 1.54) is 12.1 Å². The van der Waals surface area contributed by atoms with Crippen LogP contribution in [0.3, 0.4) is 0 Å². The number of nitrogens with zero attached hydrogens (tertiary/aromatic N) is 3. The zero-order valence-corrected chi connectivity index (χ0v) is 17.9. The summed E-state index contributed by atoms with van der Waals surface area (Å²) in [6, 6.07) is 11.7. The van der Waals surface area contributed by atoms with Gasteiger partial charge in [-0.2, -0.15) is 0 Å². The number of methoxy groups -OCH3 is 1. The number of ether oxygens (including phenoxy) is 1. The highest BCUT2D eigenvalue weighted by atomic mass is 35.5. The van der Waals surface area contributed by atoms with E-state index in [9.17, 15) is 4.39 Å². The smallest absolute Gasteiger partial charge is 0.227 e. The summed E-state index contributed by atoms with van der Waals surface area (Å²) in [6.07, 6.45) is 3.14. The van der Waals surface area contributed by atoms with Crippen molar-refractivity contribution in [3.8, 4) is 5.75 Å². The van der Waals surface area contributed by atoms with E-state index in [0.29, 0.717) is 52.8 Å². The quantitative estimate of drug-likeness (QED) is 0.562. The molecule has 0 unspecified atom stereocenters. The lowest BCUT2D eigenvalue weighted by atomic mass is 9.88. The Morgan fingerprint density at radius 3 is 2.77 bits per heavy atom. The van der Waals surface area contributed by atoms with Gasteiger partial charge in [0.05, 0.1) is 29.2 Å². The summed E-state index contributed by atoms with van der Waals surface area (Å²) >= 11 is 6.33. The lowest BCUT2D eigenvalue weighted by Crippen LogP contribution is -2.20. The van der Waals surface area contributed by atoms with Gasteiger partial charge in [-0.15, -0.1) is 0 Å². The van der Waals surface area contributed by atoms with Gasteiger partial charge >= 0.3 is 0 Å². The molecule has 8 heteroatoms. The third kappa shape index (κ3) is 4.09. The van der Waals surface area contributed by atoms with Crippen molar-refractivity contribution in [3.05, 3.63) is 82.0 Å². The maximum atomic E-state index is 13.6. The zero-order valence-electron chi connectivity index (χ0n) is 17.1. The first kappa shape index (κ1) is 20.8. The average Bonchev–Trinajstić information content (AvgIpc) is 2.77. The molecule has 31 heavy (non-hydrogen) atoms. The second-order valence-electron chi connectivity index (χ2n) is 6.99. The van der Waals surface area contributed by atoms with Crippen LogP contribution >= 0.6 is 11.6 Å². The summed E-state index contributed by atoms with van der Waals surface area (Å²) in [5, 5.41) is 3.46. The molecule has 1 aromatic heterocycles. The Hall–Kier alpha value is -3.45. The maximum absolute atomic E-state index is 13.6. The molecule has 0 amide bonds. The second kappa shape index (κ2) is 8.73. The molecule has 158 valence electrons. The van der Waals surface area contributed by atoms with E-state index in [-0.39, 0.29) is 5.02 Å². The van der Waals surface area contributed by atoms with Crippen LogP contribution in [0.15, 0.2) is 59.4 Å². The standard InChI is InChI=1S/C23H21ClFN5O/c1-27-22(15-9-8-14(25)11-16(15)24)20-17(26)10-7-13-12-28-23(30-21(13)20)29-18-5-3-4-6-19(18)31-2/h3-6,8-9,11-12H,7,10,26H2,1-2H3,(H,28,29,30). The molecule has 0 atom stereocenters. The van der Waals surface area contributed by atoms with E-state index in [0.717, 1.165) is 11.3 Å². The minimum atomic E-state index is -0.416. The van der Waals surface area contributed by atoms with Gasteiger partial charge in [0.15, 0.2) is 0 Å². The third-order valence-electron chi connectivity index (χ3n) is 5.09. The van der Waals surface area contributed by atoms with E-state index in [2.05, 4.69) is 15.3 Å². The lowest BCUT2D eigenvalue weighted by molar-refractivity contribution is 0.417. The number of aromatic nitrogens is 2. The highest BCUT2D eigenvalue weighted by Gasteiger charge is 2.26. The van der Waals surface area contributed by atoms with E-state index >= 15 is 0 Å². The summed E-state index contributed by atoms with van der Waals surface area (Å²) in [5.41, 5.74) is 11.3. The van der Waals surface area contributed by atoms with Crippen molar-refractivity contribution in [2.75, 3.05) is 19.5 Å². The Labute approximate surface area is 184 Å². The Bertz CT molecular complexity index is 1210. The molecular weight excluding hydrogens is 417 g/mol. The Morgan fingerprint density at radius 1 is 1.23 bits per heavy atom. The van der Waals surface area contributed by atoms with Gasteiger partial charge in [-0.3, -0.25) is 4.99 Å². The van der Waals surface area contributed by atoms with Crippen LogP contribution in [0, 0.1) is 5.82 Å². The number of para-hydroxylation sites is 2. The fourth-order valence-corrected chi connectivity index (χ4v) is 3.85. The minimum absolute atomic E-state index is 0.259. The largest absolute Gasteiger partial charge is 0.495 e. The topological polar surface area (TPSA) is 85.4 Å². The molecular formula is C23H21ClFN5O. The number of rotatable bonds is 5. The van der Waals surface area contributed by atoms with Crippen molar-refractivity contribution < 1.29 is 9.13 Å². The van der Waals surface area contributed by atoms with Crippen LogP contribution in [0.1, 0.15) is 23.2 Å². The molecule has 4 rings (SSSR count). The van der Waals surface area contributed by atoms with Crippen molar-refractivity contribution in [1.82, 2.24) is 9.97 Å². The van der Waals surface area contributed by atoms with E-state index in [1.54, 1.807) is 26.4 Å². The second-order valence-corrected chi connectivity index (χ2v) is 7.40. The van der Waals surface area contributed by atoms with Crippen molar-refractivity contribution >= 4 is 34.5 Å². The molecule has 3 aromatic rings. The number of anilines is 2. The number of halogens is 2. The predicted molar refractivity (Wildman–Crippen MR) is 122 cm³/mol. The molecule has 0 saturated carbocycles. The van der Waals surface area contributed by atoms with Crippen molar-refractivity contribution in [1.29, 1.82) is 0 Å². The summed E-state index contributed by atoms with van der Waals surface area (Å²) in [7, 11) is 3.25. The van der Waals surface area contributed by atoms with Gasteiger partial charge in [0.2, 0.25) is 5.95 Å². The molecule has 0 aliphatic heterocycles. The monoisotopic (exact) mass is 437 g/mol. The Morgan fingerprint density at radius 2 is 2.03 bits per heavy atom. The molecule has 2 aromatic carbocycles. The highest BCUT2D eigenvalue weighted by molar-refractivity contribution is 6.40. The van der Waals surface area contributed by atoms with Crippen LogP contribution in [0.5, 0.6) is 5.75 Å². The number of allylic oxidation sites excluding steroid dienone is 2. The first-order chi connectivity index (χ1) is 15.0. The minimum Gasteiger partial charge on any atom is -0.495 e. The fraction of sp³-hybridized carbons (Fsp3) is 0.174. The Kier molecular flexibility index (Phi) is 5.86.